The van der Waals surface area contributed by atoms with Crippen LogP contribution in [0.5, 0.6) is 5.75 Å². The molecule has 1 aromatic carbocycles. The average molecular weight is 249 g/mol. The fourth-order valence-electron chi connectivity index (χ4n) is 1.75. The minimum absolute atomic E-state index is 0.181. The summed E-state index contributed by atoms with van der Waals surface area (Å²) in [6.07, 6.45) is 0. The fraction of sp³-hybridized carbons (Fsp3) is 0.333. The molecule has 1 saturated heterocycles. The van der Waals surface area contributed by atoms with Crippen molar-refractivity contribution in [1.82, 2.24) is 5.43 Å². The maximum atomic E-state index is 12.1. The molecular formula is C12H15N3O3. The van der Waals surface area contributed by atoms with E-state index in [1.807, 2.05) is 6.92 Å². The second-order valence-electron chi connectivity index (χ2n) is 3.85. The Labute approximate surface area is 105 Å². The SMILES string of the molecule is CON=C1C(=O)N(c2ccc(OC)cc2)NC1C. The summed E-state index contributed by atoms with van der Waals surface area (Å²) in [5.41, 5.74) is 4.11. The summed E-state index contributed by atoms with van der Waals surface area (Å²) < 4.78 is 5.07. The van der Waals surface area contributed by atoms with E-state index in [-0.39, 0.29) is 11.9 Å². The minimum Gasteiger partial charge on any atom is -0.497 e. The number of hydrogen-bond donors (Lipinski definition) is 1. The molecule has 1 atom stereocenters. The lowest BCUT2D eigenvalue weighted by Gasteiger charge is -2.16. The number of anilines is 1. The molecule has 0 bridgehead atoms. The summed E-state index contributed by atoms with van der Waals surface area (Å²) in [5, 5.41) is 5.18. The van der Waals surface area contributed by atoms with Gasteiger partial charge in [0.05, 0.1) is 18.8 Å². The van der Waals surface area contributed by atoms with Crippen LogP contribution in [0.25, 0.3) is 0 Å². The number of nitrogens with zero attached hydrogens (tertiary/aromatic N) is 2. The summed E-state index contributed by atoms with van der Waals surface area (Å²) in [6, 6.07) is 7.00. The Balaban J connectivity index is 2.24. The van der Waals surface area contributed by atoms with Crippen LogP contribution in [-0.4, -0.2) is 31.9 Å². The lowest BCUT2D eigenvalue weighted by Crippen LogP contribution is -2.36. The van der Waals surface area contributed by atoms with Crippen LogP contribution in [0.1, 0.15) is 6.92 Å². The Hall–Kier alpha value is -2.08. The van der Waals surface area contributed by atoms with E-state index >= 15 is 0 Å². The van der Waals surface area contributed by atoms with Gasteiger partial charge in [0.2, 0.25) is 0 Å². The van der Waals surface area contributed by atoms with Crippen molar-refractivity contribution in [2.45, 2.75) is 13.0 Å². The van der Waals surface area contributed by atoms with Gasteiger partial charge in [-0.25, -0.2) is 10.4 Å². The first-order chi connectivity index (χ1) is 8.67. The molecule has 6 nitrogen and oxygen atoms in total. The van der Waals surface area contributed by atoms with Gasteiger partial charge in [-0.2, -0.15) is 0 Å². The third-order valence-corrected chi connectivity index (χ3v) is 2.68. The second kappa shape index (κ2) is 5.05. The Morgan fingerprint density at radius 2 is 1.94 bits per heavy atom. The Bertz CT molecular complexity index is 470. The molecule has 1 heterocycles. The number of benzene rings is 1. The Morgan fingerprint density at radius 1 is 1.28 bits per heavy atom. The predicted octanol–water partition coefficient (Wildman–Crippen LogP) is 0.937. The predicted molar refractivity (Wildman–Crippen MR) is 67.5 cm³/mol. The number of carbonyl (C=O) groups excluding carboxylic acids is 1. The van der Waals surface area contributed by atoms with Gasteiger partial charge in [-0.3, -0.25) is 4.79 Å². The van der Waals surface area contributed by atoms with Crippen molar-refractivity contribution in [3.05, 3.63) is 24.3 Å². The van der Waals surface area contributed by atoms with Gasteiger partial charge in [0, 0.05) is 0 Å². The van der Waals surface area contributed by atoms with E-state index < -0.39 is 0 Å². The third-order valence-electron chi connectivity index (χ3n) is 2.68. The smallest absolute Gasteiger partial charge is 0.292 e. The van der Waals surface area contributed by atoms with E-state index in [0.717, 1.165) is 11.4 Å². The number of carbonyl (C=O) groups is 1. The minimum atomic E-state index is -0.213. The van der Waals surface area contributed by atoms with Crippen molar-refractivity contribution >= 4 is 17.3 Å². The van der Waals surface area contributed by atoms with Crippen molar-refractivity contribution in [3.63, 3.8) is 0 Å². The molecule has 1 N–H and O–H groups in total. The molecule has 1 amide bonds. The number of nitrogens with one attached hydrogen (secondary N) is 1. The van der Waals surface area contributed by atoms with Crippen molar-refractivity contribution in [2.75, 3.05) is 19.2 Å². The fourth-order valence-corrected chi connectivity index (χ4v) is 1.75. The zero-order valence-electron chi connectivity index (χ0n) is 10.5. The van der Waals surface area contributed by atoms with Gasteiger partial charge in [0.25, 0.3) is 5.91 Å². The van der Waals surface area contributed by atoms with Crippen molar-refractivity contribution < 1.29 is 14.4 Å². The van der Waals surface area contributed by atoms with Crippen LogP contribution in [0.15, 0.2) is 29.4 Å². The number of amides is 1. The highest BCUT2D eigenvalue weighted by molar-refractivity contribution is 6.47. The van der Waals surface area contributed by atoms with E-state index in [2.05, 4.69) is 15.4 Å². The van der Waals surface area contributed by atoms with E-state index in [9.17, 15) is 4.79 Å². The highest BCUT2D eigenvalue weighted by Gasteiger charge is 2.35. The van der Waals surface area contributed by atoms with Crippen LogP contribution < -0.4 is 15.2 Å². The molecule has 1 fully saturated rings. The van der Waals surface area contributed by atoms with Gasteiger partial charge in [-0.15, -0.1) is 0 Å². The normalized spacial score (nSPS) is 21.5. The molecule has 2 rings (SSSR count). The maximum Gasteiger partial charge on any atom is 0.292 e. The molecular weight excluding hydrogens is 234 g/mol. The van der Waals surface area contributed by atoms with Crippen LogP contribution in [-0.2, 0) is 9.63 Å². The van der Waals surface area contributed by atoms with E-state index in [4.69, 9.17) is 4.74 Å². The lowest BCUT2D eigenvalue weighted by atomic mass is 10.2. The van der Waals surface area contributed by atoms with Crippen molar-refractivity contribution in [3.8, 4) is 5.75 Å². The number of hydrogen-bond acceptors (Lipinski definition) is 5. The molecule has 0 aromatic heterocycles. The molecule has 1 aliphatic rings. The first kappa shape index (κ1) is 12.4. The molecule has 6 heteroatoms. The maximum absolute atomic E-state index is 12.1. The van der Waals surface area contributed by atoms with E-state index in [1.54, 1.807) is 31.4 Å². The molecule has 0 aliphatic carbocycles. The number of oxime groups is 1. The topological polar surface area (TPSA) is 63.2 Å². The largest absolute Gasteiger partial charge is 0.497 e. The van der Waals surface area contributed by atoms with Crippen molar-refractivity contribution in [2.24, 2.45) is 5.16 Å². The quantitative estimate of drug-likeness (QED) is 0.810. The van der Waals surface area contributed by atoms with E-state index in [1.165, 1.54) is 12.1 Å². The third kappa shape index (κ3) is 2.14. The van der Waals surface area contributed by atoms with Crippen LogP contribution >= 0.6 is 0 Å². The van der Waals surface area contributed by atoms with Crippen LogP contribution in [0, 0.1) is 0 Å². The Kier molecular flexibility index (Phi) is 3.47. The molecule has 1 aliphatic heterocycles. The lowest BCUT2D eigenvalue weighted by molar-refractivity contribution is -0.112. The standard InChI is InChI=1S/C12H15N3O3/c1-8-11(14-18-3)12(16)15(13-8)9-4-6-10(17-2)7-5-9/h4-8,13H,1-3H3. The number of ether oxygens (including phenoxy) is 1. The molecule has 1 unspecified atom stereocenters. The summed E-state index contributed by atoms with van der Waals surface area (Å²) in [5.74, 6) is 0.527. The molecule has 1 aromatic rings. The molecule has 0 radical (unpaired) electrons. The van der Waals surface area contributed by atoms with Gasteiger partial charge in [0.1, 0.15) is 12.9 Å². The summed E-state index contributed by atoms with van der Waals surface area (Å²) in [7, 11) is 3.02. The first-order valence-electron chi connectivity index (χ1n) is 5.53. The summed E-state index contributed by atoms with van der Waals surface area (Å²) in [6.45, 7) is 1.85. The highest BCUT2D eigenvalue weighted by atomic mass is 16.6. The number of methoxy groups -OCH3 is 1. The van der Waals surface area contributed by atoms with Gasteiger partial charge < -0.3 is 9.57 Å². The van der Waals surface area contributed by atoms with Gasteiger partial charge in [-0.1, -0.05) is 5.16 Å². The van der Waals surface area contributed by atoms with Crippen LogP contribution in [0.2, 0.25) is 0 Å². The zero-order valence-corrected chi connectivity index (χ0v) is 10.5. The molecule has 96 valence electrons. The average Bonchev–Trinajstić information content (AvgIpc) is 2.67. The zero-order chi connectivity index (χ0) is 13.1. The first-order valence-corrected chi connectivity index (χ1v) is 5.53. The monoisotopic (exact) mass is 249 g/mol. The molecule has 0 saturated carbocycles. The number of rotatable bonds is 3. The van der Waals surface area contributed by atoms with Crippen molar-refractivity contribution in [1.29, 1.82) is 0 Å². The van der Waals surface area contributed by atoms with Gasteiger partial charge in [0.15, 0.2) is 5.71 Å². The van der Waals surface area contributed by atoms with Gasteiger partial charge in [-0.05, 0) is 31.2 Å². The number of hydrazine groups is 1. The molecule has 18 heavy (non-hydrogen) atoms. The molecule has 0 spiro atoms. The second-order valence-corrected chi connectivity index (χ2v) is 3.85. The summed E-state index contributed by atoms with van der Waals surface area (Å²) >= 11 is 0. The van der Waals surface area contributed by atoms with E-state index in [0.29, 0.717) is 5.71 Å². The summed E-state index contributed by atoms with van der Waals surface area (Å²) in [4.78, 5) is 16.7. The highest BCUT2D eigenvalue weighted by Crippen LogP contribution is 2.21. The van der Waals surface area contributed by atoms with Crippen LogP contribution in [0.4, 0.5) is 5.69 Å². The van der Waals surface area contributed by atoms with Crippen LogP contribution in [0.3, 0.4) is 0 Å². The van der Waals surface area contributed by atoms with Gasteiger partial charge >= 0.3 is 0 Å². The Morgan fingerprint density at radius 3 is 2.50 bits per heavy atom.